The summed E-state index contributed by atoms with van der Waals surface area (Å²) in [6, 6.07) is 4.84. The molecule has 0 saturated carbocycles. The number of nitrogens with zero attached hydrogens (tertiary/aromatic N) is 1. The number of hydroxylamine groups is 2. The summed E-state index contributed by atoms with van der Waals surface area (Å²) in [5.41, 5.74) is -0.167. The van der Waals surface area contributed by atoms with Gasteiger partial charge in [-0.3, -0.25) is 0 Å². The van der Waals surface area contributed by atoms with Crippen LogP contribution in [0.4, 0.5) is 18.0 Å². The Morgan fingerprint density at radius 1 is 1.32 bits per heavy atom. The number of rotatable bonds is 6. The number of halogens is 3. The molecule has 0 aliphatic carbocycles. The molecule has 0 N–H and O–H groups in total. The van der Waals surface area contributed by atoms with Gasteiger partial charge >= 0.3 is 12.3 Å². The van der Waals surface area contributed by atoms with E-state index in [2.05, 4.69) is 4.74 Å². The molecule has 22 heavy (non-hydrogen) atoms. The van der Waals surface area contributed by atoms with E-state index in [1.807, 2.05) is 0 Å². The standard InChI is InChI=1S/C15H20F3NO3/c1-4-19(22-14(20)21-5-2)11(3)9-12-7-6-8-13(10-12)15(16,17)18/h6-8,10-11H,4-5,9H2,1-3H3. The monoisotopic (exact) mass is 319 g/mol. The van der Waals surface area contributed by atoms with Gasteiger partial charge in [-0.1, -0.05) is 18.2 Å². The number of ether oxygens (including phenoxy) is 1. The Morgan fingerprint density at radius 2 is 2.00 bits per heavy atom. The minimum Gasteiger partial charge on any atom is -0.433 e. The molecule has 124 valence electrons. The van der Waals surface area contributed by atoms with Crippen LogP contribution in [0.2, 0.25) is 0 Å². The van der Waals surface area contributed by atoms with E-state index in [0.29, 0.717) is 18.5 Å². The summed E-state index contributed by atoms with van der Waals surface area (Å²) in [5.74, 6) is 0. The molecule has 1 unspecified atom stereocenters. The van der Waals surface area contributed by atoms with E-state index in [4.69, 9.17) is 4.84 Å². The van der Waals surface area contributed by atoms with Crippen molar-refractivity contribution in [2.45, 2.75) is 39.4 Å². The van der Waals surface area contributed by atoms with Crippen molar-refractivity contribution in [2.75, 3.05) is 13.2 Å². The number of hydrogen-bond donors (Lipinski definition) is 0. The highest BCUT2D eigenvalue weighted by Gasteiger charge is 2.30. The topological polar surface area (TPSA) is 38.8 Å². The van der Waals surface area contributed by atoms with E-state index in [-0.39, 0.29) is 12.6 Å². The first-order chi connectivity index (χ1) is 10.3. The zero-order valence-corrected chi connectivity index (χ0v) is 12.8. The number of benzene rings is 1. The van der Waals surface area contributed by atoms with Crippen molar-refractivity contribution >= 4 is 6.16 Å². The van der Waals surface area contributed by atoms with Gasteiger partial charge in [0.2, 0.25) is 0 Å². The van der Waals surface area contributed by atoms with Gasteiger partial charge in [-0.25, -0.2) is 4.79 Å². The van der Waals surface area contributed by atoms with Crippen LogP contribution in [0.1, 0.15) is 31.9 Å². The quantitative estimate of drug-likeness (QED) is 0.586. The Hall–Kier alpha value is -1.76. The molecule has 0 aliphatic heterocycles. The highest BCUT2D eigenvalue weighted by atomic mass is 19.4. The lowest BCUT2D eigenvalue weighted by Gasteiger charge is -2.25. The van der Waals surface area contributed by atoms with Crippen LogP contribution >= 0.6 is 0 Å². The molecule has 0 amide bonds. The fraction of sp³-hybridized carbons (Fsp3) is 0.533. The van der Waals surface area contributed by atoms with E-state index in [9.17, 15) is 18.0 Å². The number of hydrogen-bond acceptors (Lipinski definition) is 4. The molecule has 0 heterocycles. The lowest BCUT2D eigenvalue weighted by atomic mass is 10.0. The Kier molecular flexibility index (Phi) is 6.67. The molecule has 1 aromatic rings. The lowest BCUT2D eigenvalue weighted by molar-refractivity contribution is -0.147. The van der Waals surface area contributed by atoms with E-state index in [1.165, 1.54) is 11.1 Å². The van der Waals surface area contributed by atoms with Gasteiger partial charge in [-0.2, -0.15) is 13.2 Å². The first-order valence-corrected chi connectivity index (χ1v) is 7.05. The normalized spacial score (nSPS) is 13.0. The van der Waals surface area contributed by atoms with Gasteiger partial charge < -0.3 is 9.57 Å². The first kappa shape index (κ1) is 18.3. The molecule has 0 bridgehead atoms. The van der Waals surface area contributed by atoms with Crippen molar-refractivity contribution in [2.24, 2.45) is 0 Å². The van der Waals surface area contributed by atoms with Crippen molar-refractivity contribution in [1.82, 2.24) is 5.06 Å². The van der Waals surface area contributed by atoms with Crippen molar-refractivity contribution in [3.05, 3.63) is 35.4 Å². The highest BCUT2D eigenvalue weighted by Crippen LogP contribution is 2.29. The summed E-state index contributed by atoms with van der Waals surface area (Å²) in [5, 5.41) is 1.39. The van der Waals surface area contributed by atoms with Crippen LogP contribution in [-0.4, -0.2) is 30.4 Å². The number of likely N-dealkylation sites (N-methyl/N-ethyl adjacent to an activating group) is 1. The van der Waals surface area contributed by atoms with Gasteiger partial charge in [0.1, 0.15) is 0 Å². The maximum Gasteiger partial charge on any atom is 0.527 e. The van der Waals surface area contributed by atoms with E-state index in [0.717, 1.165) is 12.1 Å². The van der Waals surface area contributed by atoms with Gasteiger partial charge in [-0.05, 0) is 38.8 Å². The van der Waals surface area contributed by atoms with E-state index < -0.39 is 17.9 Å². The maximum absolute atomic E-state index is 12.7. The molecular formula is C15H20F3NO3. The lowest BCUT2D eigenvalue weighted by Crippen LogP contribution is -2.36. The molecule has 0 radical (unpaired) electrons. The van der Waals surface area contributed by atoms with Crippen molar-refractivity contribution in [3.63, 3.8) is 0 Å². The van der Waals surface area contributed by atoms with Gasteiger partial charge in [-0.15, -0.1) is 5.06 Å². The summed E-state index contributed by atoms with van der Waals surface area (Å²) >= 11 is 0. The summed E-state index contributed by atoms with van der Waals surface area (Å²) < 4.78 is 42.8. The van der Waals surface area contributed by atoms with Crippen molar-refractivity contribution < 1.29 is 27.5 Å². The fourth-order valence-electron chi connectivity index (χ4n) is 2.02. The summed E-state index contributed by atoms with van der Waals surface area (Å²) in [6.07, 6.45) is -4.87. The molecule has 0 aliphatic rings. The highest BCUT2D eigenvalue weighted by molar-refractivity contribution is 5.59. The Balaban J connectivity index is 2.73. The van der Waals surface area contributed by atoms with Crippen LogP contribution in [0.25, 0.3) is 0 Å². The molecule has 1 rings (SSSR count). The van der Waals surface area contributed by atoms with Crippen molar-refractivity contribution in [3.8, 4) is 0 Å². The Labute approximate surface area is 127 Å². The maximum atomic E-state index is 12.7. The zero-order valence-electron chi connectivity index (χ0n) is 12.8. The second kappa shape index (κ2) is 8.03. The predicted octanol–water partition coefficient (Wildman–Crippen LogP) is 4.05. The third-order valence-corrected chi connectivity index (χ3v) is 3.04. The molecule has 0 spiro atoms. The SMILES string of the molecule is CCOC(=O)ON(CC)C(C)Cc1cccc(C(F)(F)F)c1. The summed E-state index contributed by atoms with van der Waals surface area (Å²) in [6.45, 7) is 5.80. The third kappa shape index (κ3) is 5.55. The fourth-order valence-corrected chi connectivity index (χ4v) is 2.02. The van der Waals surface area contributed by atoms with Crippen LogP contribution in [-0.2, 0) is 22.2 Å². The molecule has 0 aromatic heterocycles. The average molecular weight is 319 g/mol. The minimum atomic E-state index is -4.37. The van der Waals surface area contributed by atoms with Crippen LogP contribution in [0.15, 0.2) is 24.3 Å². The Morgan fingerprint density at radius 3 is 2.55 bits per heavy atom. The molecule has 0 fully saturated rings. The smallest absolute Gasteiger partial charge is 0.433 e. The van der Waals surface area contributed by atoms with E-state index >= 15 is 0 Å². The summed E-state index contributed by atoms with van der Waals surface area (Å²) in [7, 11) is 0. The largest absolute Gasteiger partial charge is 0.527 e. The molecular weight excluding hydrogens is 299 g/mol. The van der Waals surface area contributed by atoms with Crippen LogP contribution < -0.4 is 0 Å². The molecule has 4 nitrogen and oxygen atoms in total. The van der Waals surface area contributed by atoms with Crippen LogP contribution in [0, 0.1) is 0 Å². The first-order valence-electron chi connectivity index (χ1n) is 7.05. The summed E-state index contributed by atoms with van der Waals surface area (Å²) in [4.78, 5) is 16.3. The van der Waals surface area contributed by atoms with Crippen molar-refractivity contribution in [1.29, 1.82) is 0 Å². The van der Waals surface area contributed by atoms with Crippen LogP contribution in [0.5, 0.6) is 0 Å². The average Bonchev–Trinajstić information content (AvgIpc) is 2.44. The minimum absolute atomic E-state index is 0.193. The van der Waals surface area contributed by atoms with Gasteiger partial charge in [0.05, 0.1) is 12.2 Å². The molecule has 7 heteroatoms. The number of carbonyl (C=O) groups is 1. The van der Waals surface area contributed by atoms with Gasteiger partial charge in [0, 0.05) is 12.6 Å². The second-order valence-electron chi connectivity index (χ2n) is 4.76. The number of alkyl halides is 3. The second-order valence-corrected chi connectivity index (χ2v) is 4.76. The molecule has 1 atom stereocenters. The van der Waals surface area contributed by atoms with Gasteiger partial charge in [0.25, 0.3) is 0 Å². The molecule has 1 aromatic carbocycles. The predicted molar refractivity (Wildman–Crippen MR) is 75.1 cm³/mol. The molecule has 0 saturated heterocycles. The van der Waals surface area contributed by atoms with Gasteiger partial charge in [0.15, 0.2) is 0 Å². The zero-order chi connectivity index (χ0) is 16.8. The van der Waals surface area contributed by atoms with Crippen LogP contribution in [0.3, 0.4) is 0 Å². The van der Waals surface area contributed by atoms with E-state index in [1.54, 1.807) is 26.8 Å². The number of carbonyl (C=O) groups excluding carboxylic acids is 1. The Bertz CT molecular complexity index is 491. The third-order valence-electron chi connectivity index (χ3n) is 3.04.